The summed E-state index contributed by atoms with van der Waals surface area (Å²) >= 11 is 5.63. The zero-order valence-electron chi connectivity index (χ0n) is 7.44. The van der Waals surface area contributed by atoms with Crippen LogP contribution in [0, 0.1) is 0 Å². The number of rotatable bonds is 3. The Morgan fingerprint density at radius 2 is 2.14 bits per heavy atom. The van der Waals surface area contributed by atoms with Crippen molar-refractivity contribution in [1.29, 1.82) is 0 Å². The van der Waals surface area contributed by atoms with Crippen molar-refractivity contribution in [3.8, 4) is 0 Å². The van der Waals surface area contributed by atoms with Gasteiger partial charge >= 0.3 is 0 Å². The molecule has 0 aliphatic heterocycles. The number of aliphatic hydroxyl groups excluding tert-OH is 1. The third kappa shape index (κ3) is 2.95. The quantitative estimate of drug-likeness (QED) is 0.767. The fraction of sp³-hybridized carbons (Fsp3) is 0.250. The molecule has 1 rings (SSSR count). The van der Waals surface area contributed by atoms with Crippen molar-refractivity contribution in [2.45, 2.75) is 18.0 Å². The number of nitrogens with one attached hydrogen (secondary N) is 1. The van der Waals surface area contributed by atoms with Gasteiger partial charge < -0.3 is 5.11 Å². The summed E-state index contributed by atoms with van der Waals surface area (Å²) in [5.41, 5.74) is 0. The Bertz CT molecular complexity index is 416. The van der Waals surface area contributed by atoms with E-state index >= 15 is 0 Å². The average Bonchev–Trinajstić information content (AvgIpc) is 2.01. The van der Waals surface area contributed by atoms with Crippen LogP contribution in [0.3, 0.4) is 0 Å². The molecule has 6 heteroatoms. The van der Waals surface area contributed by atoms with Gasteiger partial charge in [-0.2, -0.15) is 4.72 Å². The van der Waals surface area contributed by atoms with Crippen LogP contribution in [0.5, 0.6) is 0 Å². The average molecular weight is 236 g/mol. The minimum absolute atomic E-state index is 0.0332. The summed E-state index contributed by atoms with van der Waals surface area (Å²) in [7, 11) is -3.67. The molecule has 14 heavy (non-hydrogen) atoms. The highest BCUT2D eigenvalue weighted by Gasteiger charge is 2.15. The second-order valence-electron chi connectivity index (χ2n) is 2.75. The van der Waals surface area contributed by atoms with Crippen molar-refractivity contribution < 1.29 is 13.5 Å². The molecule has 78 valence electrons. The van der Waals surface area contributed by atoms with E-state index in [1.165, 1.54) is 25.1 Å². The van der Waals surface area contributed by atoms with Gasteiger partial charge in [-0.25, -0.2) is 8.42 Å². The van der Waals surface area contributed by atoms with Gasteiger partial charge in [0.25, 0.3) is 0 Å². The Labute approximate surface area is 87.6 Å². The Balaban J connectivity index is 3.05. The van der Waals surface area contributed by atoms with E-state index in [2.05, 4.69) is 0 Å². The highest BCUT2D eigenvalue weighted by atomic mass is 35.5. The Hall–Kier alpha value is -0.620. The van der Waals surface area contributed by atoms with Crippen molar-refractivity contribution in [2.24, 2.45) is 0 Å². The molecule has 0 radical (unpaired) electrons. The Morgan fingerprint density at radius 3 is 2.64 bits per heavy atom. The zero-order chi connectivity index (χ0) is 10.8. The molecule has 0 fully saturated rings. The van der Waals surface area contributed by atoms with Crippen molar-refractivity contribution in [3.05, 3.63) is 29.3 Å². The minimum atomic E-state index is -3.67. The van der Waals surface area contributed by atoms with Crippen LogP contribution in [0.2, 0.25) is 5.02 Å². The first-order valence-electron chi connectivity index (χ1n) is 3.88. The third-order valence-corrected chi connectivity index (χ3v) is 3.19. The van der Waals surface area contributed by atoms with Crippen LogP contribution < -0.4 is 4.72 Å². The summed E-state index contributed by atoms with van der Waals surface area (Å²) in [5.74, 6) is 0. The molecule has 0 spiro atoms. The van der Waals surface area contributed by atoms with Gasteiger partial charge in [0.2, 0.25) is 10.0 Å². The molecule has 2 N–H and O–H groups in total. The Kier molecular flexibility index (Phi) is 3.49. The highest BCUT2D eigenvalue weighted by molar-refractivity contribution is 7.89. The van der Waals surface area contributed by atoms with Gasteiger partial charge in [0, 0.05) is 5.02 Å². The van der Waals surface area contributed by atoms with Gasteiger partial charge in [0.05, 0.1) is 4.90 Å². The van der Waals surface area contributed by atoms with Crippen molar-refractivity contribution in [1.82, 2.24) is 4.72 Å². The second kappa shape index (κ2) is 4.27. The number of aliphatic hydroxyl groups is 1. The van der Waals surface area contributed by atoms with E-state index in [4.69, 9.17) is 16.7 Å². The number of sulfonamides is 1. The molecule has 0 bridgehead atoms. The highest BCUT2D eigenvalue weighted by Crippen LogP contribution is 2.15. The van der Waals surface area contributed by atoms with Crippen LogP contribution in [-0.4, -0.2) is 19.8 Å². The molecule has 0 amide bonds. The minimum Gasteiger partial charge on any atom is -0.378 e. The summed E-state index contributed by atoms with van der Waals surface area (Å²) in [4.78, 5) is 0.0332. The molecule has 1 atom stereocenters. The molecule has 0 saturated carbocycles. The van der Waals surface area contributed by atoms with E-state index in [-0.39, 0.29) is 4.90 Å². The van der Waals surface area contributed by atoms with E-state index in [1.807, 2.05) is 4.72 Å². The van der Waals surface area contributed by atoms with E-state index in [0.717, 1.165) is 0 Å². The largest absolute Gasteiger partial charge is 0.378 e. The summed E-state index contributed by atoms with van der Waals surface area (Å²) < 4.78 is 25.0. The normalized spacial score (nSPS) is 13.9. The van der Waals surface area contributed by atoms with Gasteiger partial charge in [0.1, 0.15) is 6.23 Å². The maximum Gasteiger partial charge on any atom is 0.242 e. The predicted molar refractivity (Wildman–Crippen MR) is 53.5 cm³/mol. The van der Waals surface area contributed by atoms with Gasteiger partial charge in [-0.15, -0.1) is 0 Å². The van der Waals surface area contributed by atoms with E-state index in [0.29, 0.717) is 5.02 Å². The molecule has 0 aromatic heterocycles. The first-order chi connectivity index (χ1) is 6.42. The van der Waals surface area contributed by atoms with Crippen molar-refractivity contribution in [2.75, 3.05) is 0 Å². The predicted octanol–water partition coefficient (Wildman–Crippen LogP) is 0.957. The lowest BCUT2D eigenvalue weighted by atomic mass is 10.4. The smallest absolute Gasteiger partial charge is 0.242 e. The molecule has 0 aliphatic carbocycles. The van der Waals surface area contributed by atoms with Gasteiger partial charge in [-0.3, -0.25) is 0 Å². The summed E-state index contributed by atoms with van der Waals surface area (Å²) in [6.45, 7) is 1.32. The van der Waals surface area contributed by atoms with E-state index in [1.54, 1.807) is 6.07 Å². The van der Waals surface area contributed by atoms with Gasteiger partial charge in [-0.05, 0) is 25.1 Å². The number of benzene rings is 1. The maximum absolute atomic E-state index is 11.5. The molecular weight excluding hydrogens is 226 g/mol. The third-order valence-electron chi connectivity index (χ3n) is 1.43. The standard InChI is InChI=1S/C8H10ClNO3S/c1-6(11)10-14(12,13)8-4-2-3-7(9)5-8/h2-6,10-11H,1H3. The summed E-state index contributed by atoms with van der Waals surface area (Å²) in [6.07, 6.45) is -1.13. The molecule has 1 aromatic rings. The topological polar surface area (TPSA) is 66.4 Å². The first kappa shape index (κ1) is 11.5. The van der Waals surface area contributed by atoms with E-state index < -0.39 is 16.3 Å². The lowest BCUT2D eigenvalue weighted by Gasteiger charge is -2.08. The Morgan fingerprint density at radius 1 is 1.50 bits per heavy atom. The molecule has 0 heterocycles. The van der Waals surface area contributed by atoms with Crippen molar-refractivity contribution >= 4 is 21.6 Å². The SMILES string of the molecule is CC(O)NS(=O)(=O)c1cccc(Cl)c1. The zero-order valence-corrected chi connectivity index (χ0v) is 9.01. The van der Waals surface area contributed by atoms with Gasteiger partial charge in [-0.1, -0.05) is 17.7 Å². The maximum atomic E-state index is 11.5. The molecule has 1 aromatic carbocycles. The van der Waals surface area contributed by atoms with Crippen LogP contribution in [0.15, 0.2) is 29.2 Å². The number of hydrogen-bond acceptors (Lipinski definition) is 3. The summed E-state index contributed by atoms with van der Waals surface area (Å²) in [5, 5.41) is 9.23. The van der Waals surface area contributed by atoms with Crippen molar-refractivity contribution in [3.63, 3.8) is 0 Å². The van der Waals surface area contributed by atoms with Crippen LogP contribution in [0.1, 0.15) is 6.92 Å². The molecule has 0 aliphatic rings. The lowest BCUT2D eigenvalue weighted by molar-refractivity contribution is 0.184. The monoisotopic (exact) mass is 235 g/mol. The van der Waals surface area contributed by atoms with Crippen LogP contribution in [-0.2, 0) is 10.0 Å². The van der Waals surface area contributed by atoms with Gasteiger partial charge in [0.15, 0.2) is 0 Å². The summed E-state index contributed by atoms with van der Waals surface area (Å²) in [6, 6.07) is 5.81. The fourth-order valence-corrected chi connectivity index (χ4v) is 2.31. The fourth-order valence-electron chi connectivity index (χ4n) is 0.927. The van der Waals surface area contributed by atoms with Crippen LogP contribution in [0.25, 0.3) is 0 Å². The first-order valence-corrected chi connectivity index (χ1v) is 5.74. The molecule has 4 nitrogen and oxygen atoms in total. The number of hydrogen-bond donors (Lipinski definition) is 2. The number of halogens is 1. The molecule has 1 unspecified atom stereocenters. The second-order valence-corrected chi connectivity index (χ2v) is 4.91. The van der Waals surface area contributed by atoms with Crippen LogP contribution in [0.4, 0.5) is 0 Å². The van der Waals surface area contributed by atoms with E-state index in [9.17, 15) is 8.42 Å². The van der Waals surface area contributed by atoms with Crippen LogP contribution >= 0.6 is 11.6 Å². The molecular formula is C8H10ClNO3S. The molecule has 0 saturated heterocycles. The lowest BCUT2D eigenvalue weighted by Crippen LogP contribution is -2.32.